The van der Waals surface area contributed by atoms with Crippen LogP contribution in [-0.4, -0.2) is 15.0 Å². The largest absolute Gasteiger partial charge is 0.456 e. The van der Waals surface area contributed by atoms with Gasteiger partial charge in [0.2, 0.25) is 0 Å². The van der Waals surface area contributed by atoms with Crippen LogP contribution < -0.4 is 0 Å². The lowest BCUT2D eigenvalue weighted by atomic mass is 9.98. The Bertz CT molecular complexity index is 3500. The van der Waals surface area contributed by atoms with Crippen molar-refractivity contribution >= 4 is 43.9 Å². The van der Waals surface area contributed by atoms with Crippen molar-refractivity contribution in [2.75, 3.05) is 0 Å². The first-order chi connectivity index (χ1) is 29.8. The number of furan rings is 2. The van der Waals surface area contributed by atoms with E-state index in [1.807, 2.05) is 115 Å². The molecule has 0 aliphatic rings. The normalized spacial score (nSPS) is 12.8. The monoisotopic (exact) mass is 722 g/mol. The fraction of sp³-hybridized carbons (Fsp3) is 0. The average molecular weight is 723 g/mol. The van der Waals surface area contributed by atoms with E-state index < -0.39 is 6.04 Å². The fourth-order valence-corrected chi connectivity index (χ4v) is 7.59. The summed E-state index contributed by atoms with van der Waals surface area (Å²) in [6.45, 7) is 0. The van der Waals surface area contributed by atoms with Crippen LogP contribution in [0, 0.1) is 0 Å². The minimum absolute atomic E-state index is 0.170. The molecule has 3 heterocycles. The van der Waals surface area contributed by atoms with Gasteiger partial charge in [-0.05, 0) is 34.4 Å². The minimum atomic E-state index is -0.412. The Kier molecular flexibility index (Phi) is 6.29. The van der Waals surface area contributed by atoms with Crippen molar-refractivity contribution in [3.8, 4) is 67.5 Å². The SMILES string of the molecule is [2H]c1c([2H])c([2H])c(-c2ccc(-c3cccc4c3oc3c(-c5ccc(-c6nc(-c7ccccc7)nc(-c7cccc8oc9ccccc9c78)n6)cc5)cccc34)cc2)c([2H])c1[2H]. The van der Waals surface area contributed by atoms with Crippen molar-refractivity contribution in [1.29, 1.82) is 0 Å². The molecule has 5 nitrogen and oxygen atoms in total. The van der Waals surface area contributed by atoms with Gasteiger partial charge in [-0.2, -0.15) is 0 Å². The summed E-state index contributed by atoms with van der Waals surface area (Å²) in [7, 11) is 0. The van der Waals surface area contributed by atoms with Crippen molar-refractivity contribution < 1.29 is 15.7 Å². The van der Waals surface area contributed by atoms with E-state index in [1.54, 1.807) is 12.1 Å². The highest BCUT2D eigenvalue weighted by atomic mass is 16.3. The van der Waals surface area contributed by atoms with Crippen LogP contribution in [0.4, 0.5) is 0 Å². The lowest BCUT2D eigenvalue weighted by Gasteiger charge is -2.10. The third kappa shape index (κ3) is 5.37. The van der Waals surface area contributed by atoms with E-state index >= 15 is 0 Å². The molecule has 0 amide bonds. The van der Waals surface area contributed by atoms with Gasteiger partial charge in [0.15, 0.2) is 17.5 Å². The van der Waals surface area contributed by atoms with Crippen LogP contribution in [-0.2, 0) is 0 Å². The summed E-state index contributed by atoms with van der Waals surface area (Å²) in [5.41, 5.74) is 9.98. The molecule has 0 aliphatic carbocycles. The van der Waals surface area contributed by atoms with Crippen molar-refractivity contribution in [1.82, 2.24) is 15.0 Å². The van der Waals surface area contributed by atoms with Crippen LogP contribution in [0.25, 0.3) is 111 Å². The van der Waals surface area contributed by atoms with Crippen LogP contribution in [0.2, 0.25) is 0 Å². The van der Waals surface area contributed by atoms with Crippen molar-refractivity contribution in [3.63, 3.8) is 0 Å². The number of aromatic nitrogens is 3. The lowest BCUT2D eigenvalue weighted by molar-refractivity contribution is 0.669. The molecule has 0 atom stereocenters. The predicted molar refractivity (Wildman–Crippen MR) is 227 cm³/mol. The highest BCUT2D eigenvalue weighted by molar-refractivity contribution is 6.13. The zero-order chi connectivity index (χ0) is 41.4. The van der Waals surface area contributed by atoms with Gasteiger partial charge in [0.05, 0.1) is 6.85 Å². The van der Waals surface area contributed by atoms with E-state index in [4.69, 9.17) is 30.6 Å². The quantitative estimate of drug-likeness (QED) is 0.171. The maximum atomic E-state index is 8.43. The standard InChI is InChI=1S/C51H31N3O2/c1-3-12-32(13-4-1)33-24-26-34(27-25-33)38-17-9-19-40-41-20-10-18-39(48(41)56-47(38)40)35-28-30-37(31-29-35)50-52-49(36-14-5-2-6-15-36)53-51(54-50)43-21-11-23-45-46(43)42-16-7-8-22-44(42)55-45/h1-31H/i1D,3D,4D,12D,13D. The Morgan fingerprint density at radius 2 is 0.839 bits per heavy atom. The van der Waals surface area contributed by atoms with Gasteiger partial charge >= 0.3 is 0 Å². The molecule has 5 heteroatoms. The second kappa shape index (κ2) is 13.0. The molecular formula is C51H31N3O2. The summed E-state index contributed by atoms with van der Waals surface area (Å²) in [6, 6.07) is 50.0. The zero-order valence-corrected chi connectivity index (χ0v) is 29.7. The smallest absolute Gasteiger partial charge is 0.164 e. The third-order valence-corrected chi connectivity index (χ3v) is 10.3. The first kappa shape index (κ1) is 27.0. The van der Waals surface area contributed by atoms with E-state index in [0.717, 1.165) is 82.8 Å². The topological polar surface area (TPSA) is 65.0 Å². The zero-order valence-electron chi connectivity index (χ0n) is 34.7. The van der Waals surface area contributed by atoms with E-state index in [9.17, 15) is 0 Å². The van der Waals surface area contributed by atoms with Crippen LogP contribution in [0.1, 0.15) is 6.85 Å². The average Bonchev–Trinajstić information content (AvgIpc) is 3.90. The van der Waals surface area contributed by atoms with Crippen molar-refractivity contribution in [2.24, 2.45) is 0 Å². The summed E-state index contributed by atoms with van der Waals surface area (Å²) in [6.07, 6.45) is 0. The van der Waals surface area contributed by atoms with E-state index in [2.05, 4.69) is 30.3 Å². The van der Waals surface area contributed by atoms with Crippen LogP contribution in [0.15, 0.2) is 197 Å². The summed E-state index contributed by atoms with van der Waals surface area (Å²) in [5, 5.41) is 3.90. The Morgan fingerprint density at radius 3 is 1.52 bits per heavy atom. The number of hydrogen-bond donors (Lipinski definition) is 0. The number of hydrogen-bond acceptors (Lipinski definition) is 5. The van der Waals surface area contributed by atoms with Crippen LogP contribution in [0.3, 0.4) is 0 Å². The minimum Gasteiger partial charge on any atom is -0.456 e. The molecule has 0 radical (unpaired) electrons. The second-order valence-electron chi connectivity index (χ2n) is 13.6. The molecule has 0 spiro atoms. The molecule has 0 aliphatic heterocycles. The molecule has 11 aromatic rings. The van der Waals surface area contributed by atoms with Gasteiger partial charge in [0, 0.05) is 49.4 Å². The predicted octanol–water partition coefficient (Wildman–Crippen LogP) is 13.7. The third-order valence-electron chi connectivity index (χ3n) is 10.3. The molecular weight excluding hydrogens is 687 g/mol. The molecule has 8 aromatic carbocycles. The lowest BCUT2D eigenvalue weighted by Crippen LogP contribution is -2.00. The summed E-state index contributed by atoms with van der Waals surface area (Å²) in [5.74, 6) is 1.67. The Hall–Kier alpha value is -7.63. The molecule has 0 saturated carbocycles. The first-order valence-electron chi connectivity index (χ1n) is 20.8. The van der Waals surface area contributed by atoms with E-state index in [1.165, 1.54) is 0 Å². The Balaban J connectivity index is 0.982. The van der Waals surface area contributed by atoms with Gasteiger partial charge < -0.3 is 8.83 Å². The van der Waals surface area contributed by atoms with Crippen molar-refractivity contribution in [3.05, 3.63) is 188 Å². The van der Waals surface area contributed by atoms with Gasteiger partial charge in [-0.25, -0.2) is 15.0 Å². The molecule has 0 bridgehead atoms. The molecule has 262 valence electrons. The molecule has 56 heavy (non-hydrogen) atoms. The van der Waals surface area contributed by atoms with Crippen LogP contribution in [0.5, 0.6) is 0 Å². The van der Waals surface area contributed by atoms with Gasteiger partial charge in [0.1, 0.15) is 22.3 Å². The van der Waals surface area contributed by atoms with E-state index in [0.29, 0.717) is 23.0 Å². The fourth-order valence-electron chi connectivity index (χ4n) is 7.59. The molecule has 0 unspecified atom stereocenters. The number of para-hydroxylation sites is 3. The molecule has 3 aromatic heterocycles. The number of fused-ring (bicyclic) bond motifs is 6. The highest BCUT2D eigenvalue weighted by Gasteiger charge is 2.19. The maximum Gasteiger partial charge on any atom is 0.164 e. The summed E-state index contributed by atoms with van der Waals surface area (Å²) < 4.78 is 54.0. The molecule has 11 rings (SSSR count). The number of benzene rings is 8. The first-order valence-corrected chi connectivity index (χ1v) is 18.3. The molecule has 0 N–H and O–H groups in total. The summed E-state index contributed by atoms with van der Waals surface area (Å²) >= 11 is 0. The van der Waals surface area contributed by atoms with E-state index in [-0.39, 0.29) is 29.7 Å². The summed E-state index contributed by atoms with van der Waals surface area (Å²) in [4.78, 5) is 15.1. The molecule has 0 fully saturated rings. The van der Waals surface area contributed by atoms with Gasteiger partial charge in [0.25, 0.3) is 0 Å². The number of nitrogens with zero attached hydrogens (tertiary/aromatic N) is 3. The van der Waals surface area contributed by atoms with Gasteiger partial charge in [-0.3, -0.25) is 0 Å². The van der Waals surface area contributed by atoms with Gasteiger partial charge in [-0.15, -0.1) is 0 Å². The van der Waals surface area contributed by atoms with Crippen molar-refractivity contribution in [2.45, 2.75) is 0 Å². The second-order valence-corrected chi connectivity index (χ2v) is 13.6. The van der Waals surface area contributed by atoms with Gasteiger partial charge in [-0.1, -0.05) is 176 Å². The molecule has 0 saturated heterocycles. The Labute approximate surface area is 329 Å². The Morgan fingerprint density at radius 1 is 0.339 bits per heavy atom. The maximum absolute atomic E-state index is 8.43. The number of rotatable bonds is 6. The van der Waals surface area contributed by atoms with Crippen LogP contribution >= 0.6 is 0 Å². The highest BCUT2D eigenvalue weighted by Crippen LogP contribution is 2.41.